The molecule has 4 rings (SSSR count). The molecule has 1 heterocycles. The highest BCUT2D eigenvalue weighted by molar-refractivity contribution is 6.10. The third-order valence-corrected chi connectivity index (χ3v) is 4.09. The fourth-order valence-electron chi connectivity index (χ4n) is 2.64. The average molecular weight is 370 g/mol. The molecule has 0 saturated carbocycles. The summed E-state index contributed by atoms with van der Waals surface area (Å²) in [6.07, 6.45) is 0. The van der Waals surface area contributed by atoms with Gasteiger partial charge < -0.3 is 9.26 Å². The summed E-state index contributed by atoms with van der Waals surface area (Å²) in [4.78, 5) is 4.53. The Morgan fingerprint density at radius 2 is 1.57 bits per heavy atom. The predicted octanol–water partition coefficient (Wildman–Crippen LogP) is 4.61. The van der Waals surface area contributed by atoms with Gasteiger partial charge in [-0.15, -0.1) is 0 Å². The van der Waals surface area contributed by atoms with E-state index in [0.717, 1.165) is 22.6 Å². The molecule has 0 aliphatic heterocycles. The summed E-state index contributed by atoms with van der Waals surface area (Å²) >= 11 is 0. The van der Waals surface area contributed by atoms with Crippen molar-refractivity contribution in [3.63, 3.8) is 0 Å². The molecule has 4 aromatic rings. The van der Waals surface area contributed by atoms with Gasteiger partial charge in [0.1, 0.15) is 11.5 Å². The van der Waals surface area contributed by atoms with Gasteiger partial charge in [-0.25, -0.2) is 0 Å². The molecule has 138 valence electrons. The Bertz CT molecular complexity index is 1060. The summed E-state index contributed by atoms with van der Waals surface area (Å²) in [7, 11) is 1.63. The summed E-state index contributed by atoms with van der Waals surface area (Å²) in [5, 5.41) is 8.67. The second kappa shape index (κ2) is 8.18. The van der Waals surface area contributed by atoms with E-state index in [0.29, 0.717) is 17.4 Å². The molecule has 0 radical (unpaired) electrons. The van der Waals surface area contributed by atoms with E-state index in [-0.39, 0.29) is 0 Å². The first kappa shape index (κ1) is 17.5. The van der Waals surface area contributed by atoms with E-state index in [2.05, 4.69) is 20.7 Å². The highest BCUT2D eigenvalue weighted by Crippen LogP contribution is 2.19. The highest BCUT2D eigenvalue weighted by Gasteiger charge is 2.16. The van der Waals surface area contributed by atoms with Crippen LogP contribution in [-0.2, 0) is 0 Å². The Hall–Kier alpha value is -3.93. The molecule has 0 spiro atoms. The lowest BCUT2D eigenvalue weighted by Crippen LogP contribution is -2.08. The molecule has 0 fully saturated rings. The van der Waals surface area contributed by atoms with E-state index >= 15 is 0 Å². The van der Waals surface area contributed by atoms with Crippen molar-refractivity contribution in [2.45, 2.75) is 0 Å². The minimum atomic E-state index is 0.408. The van der Waals surface area contributed by atoms with Crippen LogP contribution in [-0.4, -0.2) is 23.0 Å². The fourth-order valence-corrected chi connectivity index (χ4v) is 2.64. The number of rotatable bonds is 6. The van der Waals surface area contributed by atoms with Crippen LogP contribution in [0.2, 0.25) is 0 Å². The lowest BCUT2D eigenvalue weighted by molar-refractivity contribution is 0.415. The Labute approximate surface area is 162 Å². The van der Waals surface area contributed by atoms with Crippen molar-refractivity contribution in [3.8, 4) is 17.2 Å². The van der Waals surface area contributed by atoms with Crippen LogP contribution in [0.1, 0.15) is 11.4 Å². The van der Waals surface area contributed by atoms with Crippen LogP contribution >= 0.6 is 0 Å². The first-order chi connectivity index (χ1) is 13.8. The highest BCUT2D eigenvalue weighted by atomic mass is 16.5. The molecule has 28 heavy (non-hydrogen) atoms. The maximum absolute atomic E-state index is 5.45. The maximum Gasteiger partial charge on any atom is 0.258 e. The molecule has 0 atom stereocenters. The van der Waals surface area contributed by atoms with Crippen LogP contribution in [0, 0.1) is 0 Å². The number of nitrogens with one attached hydrogen (secondary N) is 1. The van der Waals surface area contributed by atoms with E-state index in [4.69, 9.17) is 9.26 Å². The average Bonchev–Trinajstić information content (AvgIpc) is 3.26. The Kier molecular flexibility index (Phi) is 5.11. The summed E-state index contributed by atoms with van der Waals surface area (Å²) < 4.78 is 10.6. The first-order valence-corrected chi connectivity index (χ1v) is 8.76. The van der Waals surface area contributed by atoms with Gasteiger partial charge in [-0.05, 0) is 36.4 Å². The van der Waals surface area contributed by atoms with Crippen LogP contribution < -0.4 is 10.2 Å². The number of anilines is 1. The molecular weight excluding hydrogens is 352 g/mol. The first-order valence-electron chi connectivity index (χ1n) is 8.76. The van der Waals surface area contributed by atoms with E-state index in [9.17, 15) is 0 Å². The minimum absolute atomic E-state index is 0.408. The fraction of sp³-hybridized carbons (Fsp3) is 0.0455. The molecule has 6 heteroatoms. The Morgan fingerprint density at radius 1 is 0.893 bits per heavy atom. The van der Waals surface area contributed by atoms with Gasteiger partial charge in [-0.3, -0.25) is 5.43 Å². The number of methoxy groups -OCH3 is 1. The largest absolute Gasteiger partial charge is 0.497 e. The van der Waals surface area contributed by atoms with Crippen LogP contribution in [0.3, 0.4) is 0 Å². The number of aromatic nitrogens is 2. The van der Waals surface area contributed by atoms with Crippen molar-refractivity contribution in [3.05, 3.63) is 96.3 Å². The van der Waals surface area contributed by atoms with Crippen LogP contribution in [0.15, 0.2) is 94.6 Å². The third-order valence-electron chi connectivity index (χ3n) is 4.09. The normalized spacial score (nSPS) is 11.2. The number of benzene rings is 3. The van der Waals surface area contributed by atoms with Crippen LogP contribution in [0.25, 0.3) is 11.5 Å². The topological polar surface area (TPSA) is 72.5 Å². The monoisotopic (exact) mass is 370 g/mol. The van der Waals surface area contributed by atoms with Crippen molar-refractivity contribution in [2.24, 2.45) is 5.10 Å². The predicted molar refractivity (Wildman–Crippen MR) is 108 cm³/mol. The van der Waals surface area contributed by atoms with E-state index in [1.54, 1.807) is 7.11 Å². The number of hydrazone groups is 1. The molecular formula is C22H18N4O2. The van der Waals surface area contributed by atoms with Gasteiger partial charge in [0.2, 0.25) is 5.82 Å². The molecule has 6 nitrogen and oxygen atoms in total. The van der Waals surface area contributed by atoms with Gasteiger partial charge >= 0.3 is 0 Å². The van der Waals surface area contributed by atoms with Gasteiger partial charge in [-0.1, -0.05) is 53.7 Å². The molecule has 0 amide bonds. The molecule has 0 aliphatic rings. The Morgan fingerprint density at radius 3 is 2.25 bits per heavy atom. The number of hydrogen-bond acceptors (Lipinski definition) is 6. The Balaban J connectivity index is 1.67. The molecule has 1 aromatic heterocycles. The molecule has 0 bridgehead atoms. The number of nitrogens with zero attached hydrogens (tertiary/aromatic N) is 3. The summed E-state index contributed by atoms with van der Waals surface area (Å²) in [5.41, 5.74) is 6.20. The zero-order valence-electron chi connectivity index (χ0n) is 15.2. The molecule has 3 aromatic carbocycles. The van der Waals surface area contributed by atoms with Crippen molar-refractivity contribution < 1.29 is 9.26 Å². The lowest BCUT2D eigenvalue weighted by Gasteiger charge is -2.05. The minimum Gasteiger partial charge on any atom is -0.497 e. The molecule has 0 unspecified atom stereocenters. The zero-order chi connectivity index (χ0) is 19.2. The van der Waals surface area contributed by atoms with Gasteiger partial charge in [0, 0.05) is 11.1 Å². The van der Waals surface area contributed by atoms with Crippen molar-refractivity contribution in [2.75, 3.05) is 12.5 Å². The standard InChI is InChI=1S/C22H18N4O2/c1-27-19-14-12-18(13-15-19)24-25-20(16-8-4-2-5-9-16)21-23-22(28-26-21)17-10-6-3-7-11-17/h2-15,24H,1H3/b25-20-. The number of hydrogen-bond donors (Lipinski definition) is 1. The molecule has 0 aliphatic carbocycles. The van der Waals surface area contributed by atoms with Crippen molar-refractivity contribution in [1.82, 2.24) is 10.1 Å². The number of ether oxygens (including phenoxy) is 1. The van der Waals surface area contributed by atoms with E-state index in [1.165, 1.54) is 0 Å². The van der Waals surface area contributed by atoms with Crippen LogP contribution in [0.5, 0.6) is 5.75 Å². The molecule has 1 N–H and O–H groups in total. The SMILES string of the molecule is COc1ccc(N/N=C(/c2ccccc2)c2noc(-c3ccccc3)n2)cc1. The summed E-state index contributed by atoms with van der Waals surface area (Å²) in [6.45, 7) is 0. The summed E-state index contributed by atoms with van der Waals surface area (Å²) in [6, 6.07) is 26.9. The zero-order valence-corrected chi connectivity index (χ0v) is 15.2. The van der Waals surface area contributed by atoms with Gasteiger partial charge in [0.15, 0.2) is 0 Å². The lowest BCUT2D eigenvalue weighted by atomic mass is 10.1. The van der Waals surface area contributed by atoms with Crippen molar-refractivity contribution in [1.29, 1.82) is 0 Å². The van der Waals surface area contributed by atoms with Gasteiger partial charge in [0.25, 0.3) is 5.89 Å². The summed E-state index contributed by atoms with van der Waals surface area (Å²) in [5.74, 6) is 1.64. The van der Waals surface area contributed by atoms with Gasteiger partial charge in [-0.2, -0.15) is 10.1 Å². The molecule has 0 saturated heterocycles. The maximum atomic E-state index is 5.45. The van der Waals surface area contributed by atoms with Crippen LogP contribution in [0.4, 0.5) is 5.69 Å². The third kappa shape index (κ3) is 3.91. The second-order valence-electron chi connectivity index (χ2n) is 5.96. The van der Waals surface area contributed by atoms with Crippen molar-refractivity contribution >= 4 is 11.4 Å². The van der Waals surface area contributed by atoms with Gasteiger partial charge in [0.05, 0.1) is 12.8 Å². The second-order valence-corrected chi connectivity index (χ2v) is 5.96. The smallest absolute Gasteiger partial charge is 0.258 e. The quantitative estimate of drug-likeness (QED) is 0.396. The van der Waals surface area contributed by atoms with E-state index < -0.39 is 0 Å². The van der Waals surface area contributed by atoms with E-state index in [1.807, 2.05) is 84.9 Å².